The second kappa shape index (κ2) is 7.76. The molecule has 0 heterocycles. The number of hydrogen-bond donors (Lipinski definition) is 0. The number of halogens is 2. The van der Waals surface area contributed by atoms with E-state index in [0.29, 0.717) is 0 Å². The number of ether oxygens (including phenoxy) is 4. The Bertz CT molecular complexity index is 437. The predicted octanol–water partition coefficient (Wildman–Crippen LogP) is 1.68. The van der Waals surface area contributed by atoms with Gasteiger partial charge in [0.1, 0.15) is 24.0 Å². The first-order valence-electron chi connectivity index (χ1n) is 5.75. The first-order chi connectivity index (χ1) is 9.51. The molecule has 7 heteroatoms. The van der Waals surface area contributed by atoms with E-state index < -0.39 is 30.3 Å². The lowest BCUT2D eigenvalue weighted by molar-refractivity contribution is -0.139. The van der Waals surface area contributed by atoms with Crippen molar-refractivity contribution < 1.29 is 32.5 Å². The summed E-state index contributed by atoms with van der Waals surface area (Å²) in [6.07, 6.45) is -1.12. The van der Waals surface area contributed by atoms with Crippen LogP contribution in [-0.2, 0) is 25.4 Å². The highest BCUT2D eigenvalue weighted by atomic mass is 19.1. The Morgan fingerprint density at radius 1 is 1.15 bits per heavy atom. The Balaban J connectivity index is 2.79. The second-order valence-corrected chi connectivity index (χ2v) is 3.83. The summed E-state index contributed by atoms with van der Waals surface area (Å²) in [5.41, 5.74) is -0.362. The van der Waals surface area contributed by atoms with Crippen molar-refractivity contribution in [3.05, 3.63) is 29.3 Å². The largest absolute Gasteiger partial charge is 0.488 e. The third kappa shape index (κ3) is 4.43. The number of hydrogen-bond acceptors (Lipinski definition) is 5. The number of esters is 1. The Morgan fingerprint density at radius 3 is 2.15 bits per heavy atom. The minimum Gasteiger partial charge on any atom is -0.488 e. The maximum atomic E-state index is 13.7. The molecule has 0 saturated heterocycles. The van der Waals surface area contributed by atoms with Crippen LogP contribution in [0.1, 0.15) is 5.56 Å². The van der Waals surface area contributed by atoms with Crippen molar-refractivity contribution in [1.29, 1.82) is 0 Å². The van der Waals surface area contributed by atoms with Crippen LogP contribution in [0.15, 0.2) is 12.1 Å². The zero-order chi connectivity index (χ0) is 15.1. The lowest BCUT2D eigenvalue weighted by Crippen LogP contribution is -2.22. The van der Waals surface area contributed by atoms with Crippen molar-refractivity contribution in [1.82, 2.24) is 0 Å². The van der Waals surface area contributed by atoms with Crippen molar-refractivity contribution in [3.8, 4) is 5.75 Å². The Hall–Kier alpha value is -1.73. The van der Waals surface area contributed by atoms with E-state index in [1.807, 2.05) is 0 Å². The van der Waals surface area contributed by atoms with Crippen LogP contribution in [0.4, 0.5) is 8.78 Å². The van der Waals surface area contributed by atoms with Gasteiger partial charge in [-0.05, 0) is 0 Å². The molecule has 0 bridgehead atoms. The average Bonchev–Trinajstić information content (AvgIpc) is 2.43. The lowest BCUT2D eigenvalue weighted by Gasteiger charge is -2.15. The minimum atomic E-state index is -0.878. The Kier molecular flexibility index (Phi) is 6.33. The van der Waals surface area contributed by atoms with E-state index in [-0.39, 0.29) is 17.9 Å². The zero-order valence-electron chi connectivity index (χ0n) is 11.4. The molecule has 1 aromatic carbocycles. The summed E-state index contributed by atoms with van der Waals surface area (Å²) < 4.78 is 46.7. The topological polar surface area (TPSA) is 54.0 Å². The van der Waals surface area contributed by atoms with Crippen LogP contribution in [0, 0.1) is 11.6 Å². The molecule has 112 valence electrons. The monoisotopic (exact) mass is 290 g/mol. The van der Waals surface area contributed by atoms with Crippen LogP contribution in [-0.4, -0.2) is 40.2 Å². The summed E-state index contributed by atoms with van der Waals surface area (Å²) in [5.74, 6) is -2.50. The molecule has 1 aromatic rings. The highest BCUT2D eigenvalue weighted by Crippen LogP contribution is 2.21. The SMILES string of the molecule is COC(=O)Cc1c(F)cc(OCC(OC)OC)cc1F. The van der Waals surface area contributed by atoms with Crippen LogP contribution in [0.5, 0.6) is 5.75 Å². The molecule has 0 radical (unpaired) electrons. The van der Waals surface area contributed by atoms with Gasteiger partial charge in [-0.3, -0.25) is 4.79 Å². The van der Waals surface area contributed by atoms with Crippen LogP contribution in [0.3, 0.4) is 0 Å². The van der Waals surface area contributed by atoms with Crippen LogP contribution in [0.2, 0.25) is 0 Å². The van der Waals surface area contributed by atoms with Gasteiger partial charge < -0.3 is 18.9 Å². The molecule has 1 rings (SSSR count). The van der Waals surface area contributed by atoms with Gasteiger partial charge in [-0.25, -0.2) is 8.78 Å². The Morgan fingerprint density at radius 2 is 1.70 bits per heavy atom. The van der Waals surface area contributed by atoms with E-state index in [9.17, 15) is 13.6 Å². The number of carbonyl (C=O) groups excluding carboxylic acids is 1. The van der Waals surface area contributed by atoms with Gasteiger partial charge in [0.05, 0.1) is 13.5 Å². The molecular weight excluding hydrogens is 274 g/mol. The molecule has 0 amide bonds. The number of rotatable bonds is 7. The van der Waals surface area contributed by atoms with Gasteiger partial charge in [-0.2, -0.15) is 0 Å². The van der Waals surface area contributed by atoms with Gasteiger partial charge in [0, 0.05) is 31.9 Å². The zero-order valence-corrected chi connectivity index (χ0v) is 11.4. The number of benzene rings is 1. The van der Waals surface area contributed by atoms with Crippen molar-refractivity contribution in [2.75, 3.05) is 27.9 Å². The van der Waals surface area contributed by atoms with Crippen molar-refractivity contribution in [3.63, 3.8) is 0 Å². The summed E-state index contributed by atoms with van der Waals surface area (Å²) in [4.78, 5) is 11.0. The van der Waals surface area contributed by atoms with Crippen LogP contribution in [0.25, 0.3) is 0 Å². The normalized spacial score (nSPS) is 10.7. The van der Waals surface area contributed by atoms with Crippen LogP contribution >= 0.6 is 0 Å². The summed E-state index contributed by atoms with van der Waals surface area (Å²) in [7, 11) is 3.97. The third-order valence-corrected chi connectivity index (χ3v) is 2.58. The molecule has 0 unspecified atom stereocenters. The van der Waals surface area contributed by atoms with Gasteiger partial charge in [0.25, 0.3) is 0 Å². The predicted molar refractivity (Wildman–Crippen MR) is 65.4 cm³/mol. The molecule has 0 aliphatic rings. The van der Waals surface area contributed by atoms with Crippen LogP contribution < -0.4 is 4.74 Å². The van der Waals surface area contributed by atoms with E-state index in [0.717, 1.165) is 19.2 Å². The molecule has 0 spiro atoms. The van der Waals surface area contributed by atoms with Gasteiger partial charge in [0.2, 0.25) is 0 Å². The molecule has 0 aliphatic carbocycles. The van der Waals surface area contributed by atoms with Gasteiger partial charge >= 0.3 is 5.97 Å². The lowest BCUT2D eigenvalue weighted by atomic mass is 10.1. The molecule has 0 N–H and O–H groups in total. The van der Waals surface area contributed by atoms with Gasteiger partial charge in [-0.15, -0.1) is 0 Å². The minimum absolute atomic E-state index is 0.0206. The molecule has 0 aliphatic heterocycles. The van der Waals surface area contributed by atoms with Crippen molar-refractivity contribution in [2.24, 2.45) is 0 Å². The fourth-order valence-electron chi connectivity index (χ4n) is 1.45. The van der Waals surface area contributed by atoms with E-state index in [1.165, 1.54) is 14.2 Å². The van der Waals surface area contributed by atoms with Crippen molar-refractivity contribution in [2.45, 2.75) is 12.7 Å². The summed E-state index contributed by atoms with van der Waals surface area (Å²) in [6, 6.07) is 1.98. The highest BCUT2D eigenvalue weighted by Gasteiger charge is 2.16. The fraction of sp³-hybridized carbons (Fsp3) is 0.462. The molecule has 20 heavy (non-hydrogen) atoms. The molecular formula is C13H16F2O5. The smallest absolute Gasteiger partial charge is 0.310 e. The molecule has 0 saturated carbocycles. The first kappa shape index (κ1) is 16.3. The van der Waals surface area contributed by atoms with E-state index in [2.05, 4.69) is 4.74 Å². The summed E-state index contributed by atoms with van der Waals surface area (Å²) in [5, 5.41) is 0. The quantitative estimate of drug-likeness (QED) is 0.565. The molecule has 0 aromatic heterocycles. The summed E-state index contributed by atoms with van der Waals surface area (Å²) >= 11 is 0. The second-order valence-electron chi connectivity index (χ2n) is 3.83. The third-order valence-electron chi connectivity index (χ3n) is 2.58. The number of methoxy groups -OCH3 is 3. The van der Waals surface area contributed by atoms with Crippen molar-refractivity contribution >= 4 is 5.97 Å². The molecule has 0 fully saturated rings. The fourth-order valence-corrected chi connectivity index (χ4v) is 1.45. The first-order valence-corrected chi connectivity index (χ1v) is 5.75. The number of carbonyl (C=O) groups is 1. The van der Waals surface area contributed by atoms with E-state index in [4.69, 9.17) is 14.2 Å². The van der Waals surface area contributed by atoms with E-state index >= 15 is 0 Å². The average molecular weight is 290 g/mol. The Labute approximate surface area is 115 Å². The molecule has 0 atom stereocenters. The maximum Gasteiger partial charge on any atom is 0.310 e. The summed E-state index contributed by atoms with van der Waals surface area (Å²) in [6.45, 7) is -0.0256. The molecule has 5 nitrogen and oxygen atoms in total. The highest BCUT2D eigenvalue weighted by molar-refractivity contribution is 5.72. The van der Waals surface area contributed by atoms with Gasteiger partial charge in [-0.1, -0.05) is 0 Å². The van der Waals surface area contributed by atoms with Gasteiger partial charge in [0.15, 0.2) is 6.29 Å². The van der Waals surface area contributed by atoms with E-state index in [1.54, 1.807) is 0 Å². The standard InChI is InChI=1S/C13H16F2O5/c1-17-12(16)6-9-10(14)4-8(5-11(9)15)20-7-13(18-2)19-3/h4-5,13H,6-7H2,1-3H3. The maximum absolute atomic E-state index is 13.7.